The van der Waals surface area contributed by atoms with E-state index in [9.17, 15) is 19.7 Å². The van der Waals surface area contributed by atoms with Gasteiger partial charge in [-0.15, -0.1) is 0 Å². The molecule has 27 heavy (non-hydrogen) atoms. The van der Waals surface area contributed by atoms with Crippen LogP contribution in [0.3, 0.4) is 0 Å². The van der Waals surface area contributed by atoms with Gasteiger partial charge in [0.1, 0.15) is 11.3 Å². The number of rotatable bonds is 6. The molecule has 4 aliphatic rings. The van der Waals surface area contributed by atoms with Crippen LogP contribution in [0, 0.1) is 33.3 Å². The van der Waals surface area contributed by atoms with Gasteiger partial charge in [-0.2, -0.15) is 0 Å². The molecule has 4 bridgehead atoms. The zero-order valence-electron chi connectivity index (χ0n) is 15.3. The fourth-order valence-electron chi connectivity index (χ4n) is 5.78. The summed E-state index contributed by atoms with van der Waals surface area (Å²) < 4.78 is 10.4. The number of nitrogens with zero attached hydrogens (tertiary/aromatic N) is 1. The number of nitro groups is 1. The molecule has 0 aromatic heterocycles. The van der Waals surface area contributed by atoms with Crippen LogP contribution in [-0.2, 0) is 9.53 Å². The molecule has 144 valence electrons. The molecule has 0 radical (unpaired) electrons. The normalized spacial score (nSPS) is 30.8. The summed E-state index contributed by atoms with van der Waals surface area (Å²) in [6.07, 6.45) is 6.44. The number of hydrogen-bond donors (Lipinski definition) is 0. The fraction of sp³-hybridized carbons (Fsp3) is 0.600. The number of carbonyl (C=O) groups excluding carboxylic acids is 2. The van der Waals surface area contributed by atoms with Crippen LogP contribution in [0.5, 0.6) is 5.75 Å². The summed E-state index contributed by atoms with van der Waals surface area (Å²) in [5.74, 6) is 1.31. The Balaban J connectivity index is 1.46. The van der Waals surface area contributed by atoms with Crippen molar-refractivity contribution in [1.29, 1.82) is 0 Å². The highest BCUT2D eigenvalue weighted by atomic mass is 16.6. The SMILES string of the molecule is COc1ccc([N+](=O)[O-])cc1C(=O)OCC(=O)C12CC3CC(CC(C3)C1)C2. The van der Waals surface area contributed by atoms with E-state index in [-0.39, 0.29) is 34.8 Å². The summed E-state index contributed by atoms with van der Waals surface area (Å²) in [6.45, 7) is -0.281. The first-order valence-corrected chi connectivity index (χ1v) is 9.43. The van der Waals surface area contributed by atoms with Crippen molar-refractivity contribution in [2.45, 2.75) is 38.5 Å². The maximum Gasteiger partial charge on any atom is 0.342 e. The Morgan fingerprint density at radius 2 is 1.74 bits per heavy atom. The van der Waals surface area contributed by atoms with E-state index in [1.165, 1.54) is 38.5 Å². The van der Waals surface area contributed by atoms with Gasteiger partial charge >= 0.3 is 5.97 Å². The minimum Gasteiger partial charge on any atom is -0.496 e. The number of Topliss-reactive ketones (excluding diaryl/α,β-unsaturated/α-hetero) is 1. The average Bonchev–Trinajstić information content (AvgIpc) is 2.64. The minimum atomic E-state index is -0.770. The average molecular weight is 373 g/mol. The van der Waals surface area contributed by atoms with Crippen LogP contribution in [0.2, 0.25) is 0 Å². The molecule has 1 aromatic rings. The molecule has 7 nitrogen and oxygen atoms in total. The molecule has 7 heteroatoms. The molecule has 4 saturated carbocycles. The van der Waals surface area contributed by atoms with Crippen LogP contribution < -0.4 is 4.74 Å². The lowest BCUT2D eigenvalue weighted by Crippen LogP contribution is -2.51. The predicted octanol–water partition coefficient (Wildman–Crippen LogP) is 3.55. The maximum atomic E-state index is 12.9. The first-order valence-electron chi connectivity index (χ1n) is 9.43. The number of esters is 1. The van der Waals surface area contributed by atoms with Crippen molar-refractivity contribution >= 4 is 17.4 Å². The van der Waals surface area contributed by atoms with E-state index in [2.05, 4.69) is 0 Å². The topological polar surface area (TPSA) is 95.7 Å². The lowest BCUT2D eigenvalue weighted by Gasteiger charge is -2.55. The van der Waals surface area contributed by atoms with E-state index in [1.807, 2.05) is 0 Å². The second-order valence-corrected chi connectivity index (χ2v) is 8.34. The Bertz CT molecular complexity index is 766. The molecule has 4 aliphatic carbocycles. The van der Waals surface area contributed by atoms with Crippen molar-refractivity contribution in [2.24, 2.45) is 23.2 Å². The first-order chi connectivity index (χ1) is 12.9. The van der Waals surface area contributed by atoms with E-state index in [0.717, 1.165) is 25.3 Å². The highest BCUT2D eigenvalue weighted by Gasteiger charge is 2.54. The first kappa shape index (κ1) is 17.9. The van der Waals surface area contributed by atoms with Gasteiger partial charge in [0.2, 0.25) is 0 Å². The van der Waals surface area contributed by atoms with Crippen molar-refractivity contribution in [1.82, 2.24) is 0 Å². The zero-order chi connectivity index (χ0) is 19.2. The van der Waals surface area contributed by atoms with E-state index < -0.39 is 10.9 Å². The number of carbonyl (C=O) groups is 2. The summed E-state index contributed by atoms with van der Waals surface area (Å²) in [5.41, 5.74) is -0.595. The summed E-state index contributed by atoms with van der Waals surface area (Å²) in [7, 11) is 1.37. The standard InChI is InChI=1S/C20H23NO6/c1-26-17-3-2-15(21(24)25)7-16(17)19(23)27-11-18(22)20-8-12-4-13(9-20)6-14(5-12)10-20/h2-3,7,12-14H,4-6,8-11H2,1H3. The van der Waals surface area contributed by atoms with Gasteiger partial charge in [0.25, 0.3) is 5.69 Å². The van der Waals surface area contributed by atoms with Crippen LogP contribution in [0.4, 0.5) is 5.69 Å². The molecule has 0 N–H and O–H groups in total. The second kappa shape index (κ2) is 6.62. The van der Waals surface area contributed by atoms with Crippen LogP contribution in [0.15, 0.2) is 18.2 Å². The number of methoxy groups -OCH3 is 1. The lowest BCUT2D eigenvalue weighted by molar-refractivity contribution is -0.384. The molecule has 5 rings (SSSR count). The van der Waals surface area contributed by atoms with Gasteiger partial charge < -0.3 is 9.47 Å². The van der Waals surface area contributed by atoms with Crippen LogP contribution in [0.25, 0.3) is 0 Å². The van der Waals surface area contributed by atoms with Gasteiger partial charge in [0, 0.05) is 17.5 Å². The van der Waals surface area contributed by atoms with Crippen LogP contribution in [0.1, 0.15) is 48.9 Å². The Morgan fingerprint density at radius 1 is 1.15 bits per heavy atom. The quantitative estimate of drug-likeness (QED) is 0.430. The summed E-state index contributed by atoms with van der Waals surface area (Å²) in [6, 6.07) is 3.74. The third-order valence-corrected chi connectivity index (χ3v) is 6.58. The molecular formula is C20H23NO6. The largest absolute Gasteiger partial charge is 0.496 e. The van der Waals surface area contributed by atoms with Gasteiger partial charge in [-0.1, -0.05) is 0 Å². The maximum absolute atomic E-state index is 12.9. The predicted molar refractivity (Wildman–Crippen MR) is 95.5 cm³/mol. The van der Waals surface area contributed by atoms with Crippen molar-refractivity contribution in [3.05, 3.63) is 33.9 Å². The summed E-state index contributed by atoms with van der Waals surface area (Å²) >= 11 is 0. The Kier molecular flexibility index (Phi) is 4.40. The molecule has 4 fully saturated rings. The fourth-order valence-corrected chi connectivity index (χ4v) is 5.78. The van der Waals surface area contributed by atoms with Gasteiger partial charge in [0.05, 0.1) is 12.0 Å². The van der Waals surface area contributed by atoms with Gasteiger partial charge in [-0.05, 0) is 62.3 Å². The third-order valence-electron chi connectivity index (χ3n) is 6.58. The van der Waals surface area contributed by atoms with Gasteiger partial charge in [-0.3, -0.25) is 14.9 Å². The van der Waals surface area contributed by atoms with Gasteiger partial charge in [-0.25, -0.2) is 4.79 Å². The molecule has 0 atom stereocenters. The molecule has 0 amide bonds. The van der Waals surface area contributed by atoms with Crippen molar-refractivity contribution < 1.29 is 24.0 Å². The molecule has 0 heterocycles. The summed E-state index contributed by atoms with van der Waals surface area (Å²) in [5, 5.41) is 11.0. The summed E-state index contributed by atoms with van der Waals surface area (Å²) in [4.78, 5) is 35.8. The van der Waals surface area contributed by atoms with Crippen LogP contribution >= 0.6 is 0 Å². The number of nitro benzene ring substituents is 1. The van der Waals surface area contributed by atoms with E-state index in [4.69, 9.17) is 9.47 Å². The van der Waals surface area contributed by atoms with E-state index >= 15 is 0 Å². The molecule has 0 unspecified atom stereocenters. The van der Waals surface area contributed by atoms with E-state index in [1.54, 1.807) is 0 Å². The highest BCUT2D eigenvalue weighted by molar-refractivity contribution is 5.95. The number of non-ortho nitro benzene ring substituents is 1. The van der Waals surface area contributed by atoms with Crippen molar-refractivity contribution in [3.63, 3.8) is 0 Å². The van der Waals surface area contributed by atoms with E-state index in [0.29, 0.717) is 17.8 Å². The zero-order valence-corrected chi connectivity index (χ0v) is 15.3. The Hall–Kier alpha value is -2.44. The van der Waals surface area contributed by atoms with Crippen LogP contribution in [-0.4, -0.2) is 30.4 Å². The molecule has 0 spiro atoms. The molecule has 0 saturated heterocycles. The second-order valence-electron chi connectivity index (χ2n) is 8.34. The number of ketones is 1. The van der Waals surface area contributed by atoms with Crippen molar-refractivity contribution in [2.75, 3.05) is 13.7 Å². The molecule has 0 aliphatic heterocycles. The number of benzene rings is 1. The number of ether oxygens (including phenoxy) is 2. The molecular weight excluding hydrogens is 350 g/mol. The Morgan fingerprint density at radius 3 is 2.26 bits per heavy atom. The van der Waals surface area contributed by atoms with Gasteiger partial charge in [0.15, 0.2) is 12.4 Å². The third kappa shape index (κ3) is 3.19. The lowest BCUT2D eigenvalue weighted by atomic mass is 9.48. The van der Waals surface area contributed by atoms with Crippen molar-refractivity contribution in [3.8, 4) is 5.75 Å². The number of hydrogen-bond acceptors (Lipinski definition) is 6. The molecule has 1 aromatic carbocycles. The monoisotopic (exact) mass is 373 g/mol. The minimum absolute atomic E-state index is 0.000604. The smallest absolute Gasteiger partial charge is 0.342 e. The Labute approximate surface area is 157 Å². The highest BCUT2D eigenvalue weighted by Crippen LogP contribution is 2.60.